The Morgan fingerprint density at radius 3 is 2.77 bits per heavy atom. The average Bonchev–Trinajstić information content (AvgIpc) is 2.41. The van der Waals surface area contributed by atoms with Crippen molar-refractivity contribution in [1.82, 2.24) is 0 Å². The van der Waals surface area contributed by atoms with Gasteiger partial charge in [0.05, 0.1) is 0 Å². The summed E-state index contributed by atoms with van der Waals surface area (Å²) < 4.78 is 0. The minimum Gasteiger partial charge on any atom is -0.251 e. The molecule has 2 heteroatoms. The zero-order valence-electron chi connectivity index (χ0n) is 7.58. The SMILES string of the molecule is C=C1c2ccccc2CC1(C)OO. The van der Waals surface area contributed by atoms with Gasteiger partial charge < -0.3 is 0 Å². The first-order valence-electron chi connectivity index (χ1n) is 4.27. The molecule has 2 rings (SSSR count). The first-order chi connectivity index (χ1) is 6.17. The zero-order valence-corrected chi connectivity index (χ0v) is 7.58. The van der Waals surface area contributed by atoms with Gasteiger partial charge in [-0.15, -0.1) is 0 Å². The highest BCUT2D eigenvalue weighted by molar-refractivity contribution is 5.77. The molecule has 0 bridgehead atoms. The smallest absolute Gasteiger partial charge is 0.129 e. The lowest BCUT2D eigenvalue weighted by Crippen LogP contribution is -2.26. The molecule has 1 N–H and O–H groups in total. The lowest BCUT2D eigenvalue weighted by molar-refractivity contribution is -0.296. The molecular weight excluding hydrogens is 164 g/mol. The van der Waals surface area contributed by atoms with Gasteiger partial charge in [-0.3, -0.25) is 5.26 Å². The molecule has 1 aromatic rings. The molecular formula is C11H12O2. The summed E-state index contributed by atoms with van der Waals surface area (Å²) in [4.78, 5) is 4.49. The van der Waals surface area contributed by atoms with Crippen LogP contribution in [0.3, 0.4) is 0 Å². The van der Waals surface area contributed by atoms with Crippen molar-refractivity contribution < 1.29 is 10.1 Å². The fourth-order valence-corrected chi connectivity index (χ4v) is 1.81. The van der Waals surface area contributed by atoms with E-state index in [0.717, 1.165) is 11.1 Å². The highest BCUT2D eigenvalue weighted by atomic mass is 17.1. The van der Waals surface area contributed by atoms with Crippen LogP contribution in [0.1, 0.15) is 18.1 Å². The highest BCUT2D eigenvalue weighted by Gasteiger charge is 2.37. The van der Waals surface area contributed by atoms with Gasteiger partial charge in [0, 0.05) is 6.42 Å². The van der Waals surface area contributed by atoms with Crippen molar-refractivity contribution in [1.29, 1.82) is 0 Å². The minimum atomic E-state index is -0.635. The molecule has 0 spiro atoms. The summed E-state index contributed by atoms with van der Waals surface area (Å²) in [5, 5.41) is 8.81. The summed E-state index contributed by atoms with van der Waals surface area (Å²) in [5.74, 6) is 0. The molecule has 13 heavy (non-hydrogen) atoms. The Balaban J connectivity index is 2.50. The first-order valence-corrected chi connectivity index (χ1v) is 4.27. The van der Waals surface area contributed by atoms with Gasteiger partial charge in [-0.2, -0.15) is 0 Å². The zero-order chi connectivity index (χ0) is 9.47. The molecule has 1 atom stereocenters. The lowest BCUT2D eigenvalue weighted by atomic mass is 9.99. The molecule has 0 aliphatic heterocycles. The van der Waals surface area contributed by atoms with Crippen LogP contribution < -0.4 is 0 Å². The van der Waals surface area contributed by atoms with Crippen molar-refractivity contribution >= 4 is 5.57 Å². The van der Waals surface area contributed by atoms with E-state index in [2.05, 4.69) is 11.5 Å². The molecule has 0 aromatic heterocycles. The van der Waals surface area contributed by atoms with Crippen molar-refractivity contribution in [3.63, 3.8) is 0 Å². The number of benzene rings is 1. The van der Waals surface area contributed by atoms with E-state index in [0.29, 0.717) is 6.42 Å². The molecule has 0 radical (unpaired) electrons. The Bertz CT molecular complexity index is 357. The van der Waals surface area contributed by atoms with Crippen LogP contribution in [0.4, 0.5) is 0 Å². The number of rotatable bonds is 1. The Labute approximate surface area is 77.4 Å². The fourth-order valence-electron chi connectivity index (χ4n) is 1.81. The average molecular weight is 176 g/mol. The highest BCUT2D eigenvalue weighted by Crippen LogP contribution is 2.40. The van der Waals surface area contributed by atoms with Crippen LogP contribution in [-0.4, -0.2) is 10.9 Å². The molecule has 1 unspecified atom stereocenters. The third kappa shape index (κ3) is 1.10. The number of hydrogen-bond donors (Lipinski definition) is 1. The van der Waals surface area contributed by atoms with Crippen LogP contribution in [0.2, 0.25) is 0 Å². The first kappa shape index (κ1) is 8.48. The standard InChI is InChI=1S/C11H12O2/c1-8-10-6-4-3-5-9(10)7-11(8,2)13-12/h3-6,12H,1,7H2,2H3. The molecule has 1 aliphatic carbocycles. The largest absolute Gasteiger partial charge is 0.251 e. The van der Waals surface area contributed by atoms with Gasteiger partial charge in [-0.1, -0.05) is 30.8 Å². The maximum Gasteiger partial charge on any atom is 0.129 e. The second-order valence-electron chi connectivity index (χ2n) is 3.63. The van der Waals surface area contributed by atoms with E-state index < -0.39 is 5.60 Å². The second-order valence-corrected chi connectivity index (χ2v) is 3.63. The van der Waals surface area contributed by atoms with E-state index in [1.165, 1.54) is 5.56 Å². The van der Waals surface area contributed by atoms with Gasteiger partial charge >= 0.3 is 0 Å². The lowest BCUT2D eigenvalue weighted by Gasteiger charge is -2.20. The van der Waals surface area contributed by atoms with Gasteiger partial charge in [0.25, 0.3) is 0 Å². The van der Waals surface area contributed by atoms with Crippen LogP contribution in [0.5, 0.6) is 0 Å². The molecule has 1 aliphatic rings. The van der Waals surface area contributed by atoms with Crippen molar-refractivity contribution in [2.45, 2.75) is 18.9 Å². The third-order valence-corrected chi connectivity index (χ3v) is 2.71. The third-order valence-electron chi connectivity index (χ3n) is 2.71. The van der Waals surface area contributed by atoms with Crippen LogP contribution in [0.15, 0.2) is 30.8 Å². The number of fused-ring (bicyclic) bond motifs is 1. The summed E-state index contributed by atoms with van der Waals surface area (Å²) in [7, 11) is 0. The molecule has 2 nitrogen and oxygen atoms in total. The van der Waals surface area contributed by atoms with Crippen LogP contribution in [-0.2, 0) is 11.3 Å². The molecule has 0 fully saturated rings. The van der Waals surface area contributed by atoms with Gasteiger partial charge in [0.1, 0.15) is 5.60 Å². The minimum absolute atomic E-state index is 0.635. The maximum atomic E-state index is 8.81. The van der Waals surface area contributed by atoms with Crippen molar-refractivity contribution in [3.8, 4) is 0 Å². The van der Waals surface area contributed by atoms with Gasteiger partial charge in [0.2, 0.25) is 0 Å². The quantitative estimate of drug-likeness (QED) is 0.526. The predicted molar refractivity (Wildman–Crippen MR) is 51.3 cm³/mol. The van der Waals surface area contributed by atoms with Gasteiger partial charge in [-0.25, -0.2) is 4.89 Å². The van der Waals surface area contributed by atoms with Crippen LogP contribution >= 0.6 is 0 Å². The number of hydrogen-bond acceptors (Lipinski definition) is 2. The predicted octanol–water partition coefficient (Wildman–Crippen LogP) is 2.50. The van der Waals surface area contributed by atoms with Gasteiger partial charge in [0.15, 0.2) is 0 Å². The summed E-state index contributed by atoms with van der Waals surface area (Å²) in [5.41, 5.74) is 2.50. The Hall–Kier alpha value is -1.12. The molecule has 0 amide bonds. The van der Waals surface area contributed by atoms with E-state index in [1.54, 1.807) is 0 Å². The van der Waals surface area contributed by atoms with Crippen LogP contribution in [0.25, 0.3) is 5.57 Å². The summed E-state index contributed by atoms with van der Waals surface area (Å²) >= 11 is 0. The Morgan fingerprint density at radius 2 is 2.15 bits per heavy atom. The molecule has 0 saturated carbocycles. The van der Waals surface area contributed by atoms with E-state index in [4.69, 9.17) is 5.26 Å². The Kier molecular flexibility index (Phi) is 1.75. The van der Waals surface area contributed by atoms with Gasteiger partial charge in [-0.05, 0) is 23.6 Å². The van der Waals surface area contributed by atoms with E-state index in [9.17, 15) is 0 Å². The summed E-state index contributed by atoms with van der Waals surface area (Å²) in [6.45, 7) is 5.78. The molecule has 0 saturated heterocycles. The van der Waals surface area contributed by atoms with Crippen molar-refractivity contribution in [3.05, 3.63) is 42.0 Å². The van der Waals surface area contributed by atoms with E-state index in [1.807, 2.05) is 31.2 Å². The fraction of sp³-hybridized carbons (Fsp3) is 0.273. The van der Waals surface area contributed by atoms with E-state index >= 15 is 0 Å². The molecule has 1 aromatic carbocycles. The normalized spacial score (nSPS) is 26.2. The Morgan fingerprint density at radius 1 is 1.46 bits per heavy atom. The monoisotopic (exact) mass is 176 g/mol. The summed E-state index contributed by atoms with van der Waals surface area (Å²) in [6, 6.07) is 7.98. The summed E-state index contributed by atoms with van der Waals surface area (Å²) in [6.07, 6.45) is 0.693. The molecule has 0 heterocycles. The van der Waals surface area contributed by atoms with Crippen molar-refractivity contribution in [2.75, 3.05) is 0 Å². The second kappa shape index (κ2) is 2.69. The topological polar surface area (TPSA) is 29.5 Å². The maximum absolute atomic E-state index is 8.81. The molecule has 68 valence electrons. The van der Waals surface area contributed by atoms with Crippen LogP contribution in [0, 0.1) is 0 Å². The van der Waals surface area contributed by atoms with E-state index in [-0.39, 0.29) is 0 Å². The van der Waals surface area contributed by atoms with Crippen molar-refractivity contribution in [2.24, 2.45) is 0 Å².